The van der Waals surface area contributed by atoms with Crippen LogP contribution in [0.4, 0.5) is 18.0 Å². The van der Waals surface area contributed by atoms with Crippen LogP contribution in [0.5, 0.6) is 0 Å². The number of urea groups is 1. The Morgan fingerprint density at radius 3 is 2.86 bits per heavy atom. The molecule has 3 aromatic heterocycles. The van der Waals surface area contributed by atoms with E-state index in [1.165, 1.54) is 6.07 Å². The monoisotopic (exact) mass is 480 g/mol. The molecular formula is C24H19F3N6O2. The molecule has 2 amide bonds. The molecule has 1 saturated carbocycles. The number of hydrogen-bond acceptors (Lipinski definition) is 5. The van der Waals surface area contributed by atoms with Crippen LogP contribution in [0.25, 0.3) is 22.1 Å². The third-order valence-electron chi connectivity index (χ3n) is 6.31. The van der Waals surface area contributed by atoms with Crippen molar-refractivity contribution in [3.05, 3.63) is 77.5 Å². The van der Waals surface area contributed by atoms with Gasteiger partial charge in [0.25, 0.3) is 0 Å². The summed E-state index contributed by atoms with van der Waals surface area (Å²) in [5, 5.41) is 10.5. The van der Waals surface area contributed by atoms with Gasteiger partial charge in [-0.1, -0.05) is 12.1 Å². The Hall–Kier alpha value is -3.99. The zero-order valence-corrected chi connectivity index (χ0v) is 18.2. The average Bonchev–Trinajstić information content (AvgIpc) is 3.48. The van der Waals surface area contributed by atoms with Gasteiger partial charge in [-0.05, 0) is 48.1 Å². The van der Waals surface area contributed by atoms with Crippen molar-refractivity contribution in [2.24, 2.45) is 0 Å². The number of benzene rings is 1. The molecule has 1 fully saturated rings. The number of nitrogens with zero attached hydrogens (tertiary/aromatic N) is 4. The molecule has 8 nitrogen and oxygen atoms in total. The zero-order valence-electron chi connectivity index (χ0n) is 18.2. The lowest BCUT2D eigenvalue weighted by Gasteiger charge is -2.15. The summed E-state index contributed by atoms with van der Waals surface area (Å²) in [7, 11) is 0. The van der Waals surface area contributed by atoms with Gasteiger partial charge >= 0.3 is 12.2 Å². The van der Waals surface area contributed by atoms with Crippen molar-refractivity contribution in [3.63, 3.8) is 0 Å². The number of fused-ring (bicyclic) bond motifs is 2. The van der Waals surface area contributed by atoms with Crippen molar-refractivity contribution in [3.8, 4) is 0 Å². The van der Waals surface area contributed by atoms with Crippen LogP contribution < -0.4 is 10.6 Å². The van der Waals surface area contributed by atoms with Gasteiger partial charge in [-0.2, -0.15) is 18.3 Å². The molecule has 35 heavy (non-hydrogen) atoms. The average molecular weight is 480 g/mol. The molecule has 11 heteroatoms. The SMILES string of the molecule is O=C1N/C=C(/c2cc([C@H]3C[C@@H]3c3ccc4nc(C(F)(F)F)ccc4c3)c3nccn3n2)COCN1. The molecular weight excluding hydrogens is 461 g/mol. The van der Waals surface area contributed by atoms with E-state index in [1.54, 1.807) is 29.2 Å². The van der Waals surface area contributed by atoms with Crippen LogP contribution in [0, 0.1) is 0 Å². The van der Waals surface area contributed by atoms with Crippen molar-refractivity contribution in [2.75, 3.05) is 13.3 Å². The first kappa shape index (κ1) is 21.5. The number of carbonyl (C=O) groups is 1. The quantitative estimate of drug-likeness (QED) is 0.459. The molecule has 1 aliphatic carbocycles. The second-order valence-electron chi connectivity index (χ2n) is 8.59. The Balaban J connectivity index is 1.33. The Bertz CT molecular complexity index is 1500. The van der Waals surface area contributed by atoms with Crippen molar-refractivity contribution < 1.29 is 22.7 Å². The number of carbonyl (C=O) groups excluding carboxylic acids is 1. The summed E-state index contributed by atoms with van der Waals surface area (Å²) in [6.45, 7) is 0.362. The van der Waals surface area contributed by atoms with Crippen LogP contribution in [0.3, 0.4) is 0 Å². The van der Waals surface area contributed by atoms with Crippen molar-refractivity contribution in [2.45, 2.75) is 24.4 Å². The lowest BCUT2D eigenvalue weighted by molar-refractivity contribution is -0.140. The topological polar surface area (TPSA) is 93.4 Å². The van der Waals surface area contributed by atoms with Gasteiger partial charge in [-0.15, -0.1) is 0 Å². The minimum atomic E-state index is -4.47. The van der Waals surface area contributed by atoms with Gasteiger partial charge in [0, 0.05) is 35.1 Å². The molecule has 2 aliphatic rings. The molecule has 2 N–H and O–H groups in total. The number of amides is 2. The number of alkyl halides is 3. The summed E-state index contributed by atoms with van der Waals surface area (Å²) in [6.07, 6.45) is 1.44. The minimum absolute atomic E-state index is 0.0926. The van der Waals surface area contributed by atoms with Crippen LogP contribution >= 0.6 is 0 Å². The Labute approximate surface area is 196 Å². The summed E-state index contributed by atoms with van der Waals surface area (Å²) in [5.74, 6) is 0.372. The first-order valence-electron chi connectivity index (χ1n) is 11.0. The number of pyridine rings is 1. The number of ether oxygens (including phenoxy) is 1. The Morgan fingerprint density at radius 2 is 2.00 bits per heavy atom. The summed E-state index contributed by atoms with van der Waals surface area (Å²) in [5.41, 5.74) is 3.62. The fourth-order valence-electron chi connectivity index (χ4n) is 4.48. The van der Waals surface area contributed by atoms with Crippen LogP contribution in [-0.4, -0.2) is 39.0 Å². The third kappa shape index (κ3) is 4.08. The summed E-state index contributed by atoms with van der Waals surface area (Å²) >= 11 is 0. The van der Waals surface area contributed by atoms with E-state index in [-0.39, 0.29) is 31.2 Å². The van der Waals surface area contributed by atoms with Crippen molar-refractivity contribution >= 4 is 28.2 Å². The van der Waals surface area contributed by atoms with E-state index in [0.29, 0.717) is 16.6 Å². The standard InChI is InChI=1S/C24H19F3N6O2/c25-24(26,27)21-4-2-14-7-13(1-3-19(14)31-21)16-8-17(16)18-9-20(32-33-6-5-28-22(18)33)15-10-29-23(34)30-12-35-11-15/h1-7,9-10,16-17H,8,11-12H2,(H2,29,30,34)/b15-10+/t16-,17+/m1/s1. The molecule has 2 atom stereocenters. The molecule has 0 saturated heterocycles. The lowest BCUT2D eigenvalue weighted by atomic mass is 10.0. The highest BCUT2D eigenvalue weighted by molar-refractivity contribution is 5.80. The van der Waals surface area contributed by atoms with Crippen molar-refractivity contribution in [1.82, 2.24) is 30.2 Å². The molecule has 4 aromatic rings. The number of hydrogen-bond donors (Lipinski definition) is 2. The molecule has 1 aliphatic heterocycles. The van der Waals surface area contributed by atoms with E-state index in [4.69, 9.17) is 4.74 Å². The molecule has 178 valence electrons. The lowest BCUT2D eigenvalue weighted by Crippen LogP contribution is -2.36. The minimum Gasteiger partial charge on any atom is -0.356 e. The van der Waals surface area contributed by atoms with Gasteiger partial charge in [0.1, 0.15) is 12.4 Å². The van der Waals surface area contributed by atoms with Gasteiger partial charge in [0.15, 0.2) is 5.65 Å². The van der Waals surface area contributed by atoms with Gasteiger partial charge in [0.2, 0.25) is 0 Å². The first-order chi connectivity index (χ1) is 16.9. The van der Waals surface area contributed by atoms with Crippen LogP contribution in [-0.2, 0) is 10.9 Å². The van der Waals surface area contributed by atoms with Gasteiger partial charge in [0.05, 0.1) is 17.8 Å². The van der Waals surface area contributed by atoms with Crippen LogP contribution in [0.1, 0.15) is 40.8 Å². The van der Waals surface area contributed by atoms with Crippen LogP contribution in [0.15, 0.2) is 55.0 Å². The van der Waals surface area contributed by atoms with E-state index in [0.717, 1.165) is 34.8 Å². The van der Waals surface area contributed by atoms with Gasteiger partial charge in [-0.3, -0.25) is 0 Å². The fourth-order valence-corrected chi connectivity index (χ4v) is 4.48. The van der Waals surface area contributed by atoms with E-state index in [2.05, 4.69) is 25.7 Å². The molecule has 1 aromatic carbocycles. The molecule has 4 heterocycles. The largest absolute Gasteiger partial charge is 0.433 e. The van der Waals surface area contributed by atoms with Gasteiger partial charge < -0.3 is 15.4 Å². The molecule has 6 rings (SSSR count). The summed E-state index contributed by atoms with van der Waals surface area (Å²) < 4.78 is 46.2. The molecule has 0 radical (unpaired) electrons. The maximum Gasteiger partial charge on any atom is 0.433 e. The highest BCUT2D eigenvalue weighted by Gasteiger charge is 2.41. The maximum atomic E-state index is 13.0. The summed E-state index contributed by atoms with van der Waals surface area (Å²) in [6, 6.07) is 9.49. The molecule has 0 unspecified atom stereocenters. The van der Waals surface area contributed by atoms with Crippen molar-refractivity contribution in [1.29, 1.82) is 0 Å². The summed E-state index contributed by atoms with van der Waals surface area (Å²) in [4.78, 5) is 19.9. The first-order valence-corrected chi connectivity index (χ1v) is 11.0. The second-order valence-corrected chi connectivity index (χ2v) is 8.59. The molecule has 0 spiro atoms. The predicted molar refractivity (Wildman–Crippen MR) is 120 cm³/mol. The normalized spacial score (nSPS) is 22.1. The number of imidazole rings is 1. The molecule has 0 bridgehead atoms. The number of nitrogens with one attached hydrogen (secondary N) is 2. The van der Waals surface area contributed by atoms with E-state index in [9.17, 15) is 18.0 Å². The van der Waals surface area contributed by atoms with E-state index >= 15 is 0 Å². The van der Waals surface area contributed by atoms with E-state index in [1.807, 2.05) is 18.2 Å². The smallest absolute Gasteiger partial charge is 0.356 e. The van der Waals surface area contributed by atoms with Crippen LogP contribution in [0.2, 0.25) is 0 Å². The fraction of sp³-hybridized carbons (Fsp3) is 0.250. The highest BCUT2D eigenvalue weighted by atomic mass is 19.4. The third-order valence-corrected chi connectivity index (χ3v) is 6.31. The Morgan fingerprint density at radius 1 is 1.11 bits per heavy atom. The second kappa shape index (κ2) is 8.05. The van der Waals surface area contributed by atoms with Gasteiger partial charge in [-0.25, -0.2) is 19.3 Å². The number of halogens is 3. The number of rotatable bonds is 3. The zero-order chi connectivity index (χ0) is 24.2. The maximum absolute atomic E-state index is 13.0. The highest BCUT2D eigenvalue weighted by Crippen LogP contribution is 2.55. The van der Waals surface area contributed by atoms with E-state index < -0.39 is 11.9 Å². The number of aromatic nitrogens is 4. The Kier molecular flexibility index (Phi) is 4.95. The predicted octanol–water partition coefficient (Wildman–Crippen LogP) is 4.20.